The summed E-state index contributed by atoms with van der Waals surface area (Å²) in [5.41, 5.74) is 0. The van der Waals surface area contributed by atoms with E-state index >= 15 is 0 Å². The predicted octanol–water partition coefficient (Wildman–Crippen LogP) is 1.74. The third-order valence-electron chi connectivity index (χ3n) is 1.24. The second-order valence-corrected chi connectivity index (χ2v) is 3.38. The van der Waals surface area contributed by atoms with Crippen molar-refractivity contribution in [3.05, 3.63) is 0 Å². The van der Waals surface area contributed by atoms with Crippen molar-refractivity contribution in [1.29, 1.82) is 0 Å². The van der Waals surface area contributed by atoms with Crippen LogP contribution in [0, 0.1) is 5.92 Å². The van der Waals surface area contributed by atoms with Gasteiger partial charge in [0.2, 0.25) is 5.91 Å². The SMILES string of the molecule is CCC.CCOC(=O)CNC(=O)C(C)C. The van der Waals surface area contributed by atoms with Gasteiger partial charge in [0.1, 0.15) is 6.54 Å². The molecule has 0 saturated carbocycles. The lowest BCUT2D eigenvalue weighted by Crippen LogP contribution is -2.33. The summed E-state index contributed by atoms with van der Waals surface area (Å²) in [6.07, 6.45) is 1.25. The van der Waals surface area contributed by atoms with Gasteiger partial charge in [-0.3, -0.25) is 9.59 Å². The smallest absolute Gasteiger partial charge is 0.325 e. The Labute approximate surface area is 92.4 Å². The molecule has 0 heterocycles. The van der Waals surface area contributed by atoms with Crippen molar-refractivity contribution in [2.24, 2.45) is 5.92 Å². The van der Waals surface area contributed by atoms with E-state index < -0.39 is 5.97 Å². The third-order valence-corrected chi connectivity index (χ3v) is 1.24. The Morgan fingerprint density at radius 1 is 1.20 bits per heavy atom. The van der Waals surface area contributed by atoms with Crippen LogP contribution in [-0.4, -0.2) is 25.0 Å². The Morgan fingerprint density at radius 2 is 1.67 bits per heavy atom. The van der Waals surface area contributed by atoms with Gasteiger partial charge in [-0.05, 0) is 6.92 Å². The van der Waals surface area contributed by atoms with Crippen molar-refractivity contribution in [3.8, 4) is 0 Å². The minimum Gasteiger partial charge on any atom is -0.465 e. The summed E-state index contributed by atoms with van der Waals surface area (Å²) in [6.45, 7) is 9.81. The zero-order valence-corrected chi connectivity index (χ0v) is 10.4. The van der Waals surface area contributed by atoms with Crippen molar-refractivity contribution in [2.75, 3.05) is 13.2 Å². The summed E-state index contributed by atoms with van der Waals surface area (Å²) < 4.78 is 4.62. The van der Waals surface area contributed by atoms with Crippen molar-refractivity contribution in [1.82, 2.24) is 5.32 Å². The molecule has 1 amide bonds. The molecule has 0 fully saturated rings. The molecule has 0 aromatic heterocycles. The van der Waals surface area contributed by atoms with Gasteiger partial charge < -0.3 is 10.1 Å². The summed E-state index contributed by atoms with van der Waals surface area (Å²) in [5, 5.41) is 2.45. The van der Waals surface area contributed by atoms with Crippen LogP contribution in [0.1, 0.15) is 41.0 Å². The Balaban J connectivity index is 0. The van der Waals surface area contributed by atoms with Gasteiger partial charge in [-0.2, -0.15) is 0 Å². The van der Waals surface area contributed by atoms with E-state index in [2.05, 4.69) is 23.9 Å². The average molecular weight is 217 g/mol. The molecule has 15 heavy (non-hydrogen) atoms. The maximum atomic E-state index is 10.9. The summed E-state index contributed by atoms with van der Waals surface area (Å²) in [4.78, 5) is 21.7. The highest BCUT2D eigenvalue weighted by atomic mass is 16.5. The minimum atomic E-state index is -0.397. The van der Waals surface area contributed by atoms with Crippen molar-refractivity contribution in [2.45, 2.75) is 41.0 Å². The van der Waals surface area contributed by atoms with E-state index in [-0.39, 0.29) is 18.4 Å². The zero-order valence-electron chi connectivity index (χ0n) is 10.4. The molecule has 0 radical (unpaired) electrons. The molecule has 0 bridgehead atoms. The fourth-order valence-corrected chi connectivity index (χ4v) is 0.575. The van der Waals surface area contributed by atoms with Crippen LogP contribution in [0.2, 0.25) is 0 Å². The van der Waals surface area contributed by atoms with Crippen molar-refractivity contribution in [3.63, 3.8) is 0 Å². The zero-order chi connectivity index (χ0) is 12.3. The van der Waals surface area contributed by atoms with E-state index in [9.17, 15) is 9.59 Å². The lowest BCUT2D eigenvalue weighted by atomic mass is 10.2. The van der Waals surface area contributed by atoms with E-state index in [0.717, 1.165) is 0 Å². The van der Waals surface area contributed by atoms with Gasteiger partial charge >= 0.3 is 5.97 Å². The fourth-order valence-electron chi connectivity index (χ4n) is 0.575. The van der Waals surface area contributed by atoms with Crippen LogP contribution < -0.4 is 5.32 Å². The van der Waals surface area contributed by atoms with Gasteiger partial charge in [0, 0.05) is 5.92 Å². The molecule has 4 heteroatoms. The first-order valence-corrected chi connectivity index (χ1v) is 5.42. The van der Waals surface area contributed by atoms with E-state index in [1.54, 1.807) is 20.8 Å². The molecule has 0 unspecified atom stereocenters. The molecule has 90 valence electrons. The Kier molecular flexibility index (Phi) is 12.0. The first-order chi connectivity index (χ1) is 6.99. The third kappa shape index (κ3) is 12.9. The maximum Gasteiger partial charge on any atom is 0.325 e. The number of esters is 1. The van der Waals surface area contributed by atoms with Gasteiger partial charge in [0.25, 0.3) is 0 Å². The van der Waals surface area contributed by atoms with Gasteiger partial charge in [-0.15, -0.1) is 0 Å². The second-order valence-electron chi connectivity index (χ2n) is 3.38. The number of carbonyl (C=O) groups is 2. The standard InChI is InChI=1S/C8H15NO3.C3H8/c1-4-12-7(10)5-9-8(11)6(2)3;1-3-2/h6H,4-5H2,1-3H3,(H,9,11);3H2,1-2H3. The normalized spacial score (nSPS) is 8.93. The van der Waals surface area contributed by atoms with Gasteiger partial charge in [0.05, 0.1) is 6.61 Å². The highest BCUT2D eigenvalue weighted by Crippen LogP contribution is 1.89. The number of ether oxygens (including phenoxy) is 1. The molecule has 0 aliphatic rings. The molecule has 0 spiro atoms. The van der Waals surface area contributed by atoms with Crippen LogP contribution in [0.3, 0.4) is 0 Å². The molecule has 0 rings (SSSR count). The molecular formula is C11H23NO3. The number of carbonyl (C=O) groups excluding carboxylic acids is 2. The summed E-state index contributed by atoms with van der Waals surface area (Å²) in [6, 6.07) is 0. The van der Waals surface area contributed by atoms with Crippen LogP contribution in [0.25, 0.3) is 0 Å². The largest absolute Gasteiger partial charge is 0.465 e. The van der Waals surface area contributed by atoms with Crippen molar-refractivity contribution < 1.29 is 14.3 Å². The molecule has 0 aliphatic heterocycles. The highest BCUT2D eigenvalue weighted by Gasteiger charge is 2.08. The molecule has 1 N–H and O–H groups in total. The average Bonchev–Trinajstić information content (AvgIpc) is 2.15. The summed E-state index contributed by atoms with van der Waals surface area (Å²) in [5.74, 6) is -0.631. The minimum absolute atomic E-state index is 0.0369. The van der Waals surface area contributed by atoms with Gasteiger partial charge in [-0.1, -0.05) is 34.1 Å². The summed E-state index contributed by atoms with van der Waals surface area (Å²) >= 11 is 0. The Morgan fingerprint density at radius 3 is 2.00 bits per heavy atom. The molecular weight excluding hydrogens is 194 g/mol. The molecule has 0 aromatic carbocycles. The predicted molar refractivity (Wildman–Crippen MR) is 60.4 cm³/mol. The molecule has 0 aliphatic carbocycles. The van der Waals surface area contributed by atoms with Gasteiger partial charge in [-0.25, -0.2) is 0 Å². The Hall–Kier alpha value is -1.06. The number of rotatable bonds is 4. The lowest BCUT2D eigenvalue weighted by Gasteiger charge is -2.06. The lowest BCUT2D eigenvalue weighted by molar-refractivity contribution is -0.143. The van der Waals surface area contributed by atoms with Crippen molar-refractivity contribution >= 4 is 11.9 Å². The van der Waals surface area contributed by atoms with Crippen LogP contribution in [0.4, 0.5) is 0 Å². The van der Waals surface area contributed by atoms with E-state index in [1.807, 2.05) is 0 Å². The van der Waals surface area contributed by atoms with Crippen LogP contribution in [0.15, 0.2) is 0 Å². The number of hydrogen-bond donors (Lipinski definition) is 1. The van der Waals surface area contributed by atoms with Crippen LogP contribution in [-0.2, 0) is 14.3 Å². The number of nitrogens with one attached hydrogen (secondary N) is 1. The Bertz CT molecular complexity index is 179. The number of hydrogen-bond acceptors (Lipinski definition) is 3. The quantitative estimate of drug-likeness (QED) is 0.730. The van der Waals surface area contributed by atoms with Gasteiger partial charge in [0.15, 0.2) is 0 Å². The molecule has 0 aromatic rings. The van der Waals surface area contributed by atoms with E-state index in [4.69, 9.17) is 0 Å². The fraction of sp³-hybridized carbons (Fsp3) is 0.818. The number of amides is 1. The molecule has 0 saturated heterocycles. The first-order valence-electron chi connectivity index (χ1n) is 5.42. The highest BCUT2D eigenvalue weighted by molar-refractivity contribution is 5.82. The van der Waals surface area contributed by atoms with E-state index in [1.165, 1.54) is 6.42 Å². The molecule has 4 nitrogen and oxygen atoms in total. The second kappa shape index (κ2) is 11.0. The first kappa shape index (κ1) is 16.4. The van der Waals surface area contributed by atoms with Crippen LogP contribution in [0.5, 0.6) is 0 Å². The maximum absolute atomic E-state index is 10.9. The monoisotopic (exact) mass is 217 g/mol. The molecule has 0 atom stereocenters. The van der Waals surface area contributed by atoms with E-state index in [0.29, 0.717) is 6.61 Å². The van der Waals surface area contributed by atoms with Crippen LogP contribution >= 0.6 is 0 Å². The topological polar surface area (TPSA) is 55.4 Å². The summed E-state index contributed by atoms with van der Waals surface area (Å²) in [7, 11) is 0.